The van der Waals surface area contributed by atoms with Crippen molar-refractivity contribution in [3.8, 4) is 0 Å². The van der Waals surface area contributed by atoms with Gasteiger partial charge in [0.25, 0.3) is 0 Å². The number of hydrogen-bond acceptors (Lipinski definition) is 2. The van der Waals surface area contributed by atoms with Gasteiger partial charge >= 0.3 is 5.97 Å². The fourth-order valence-corrected chi connectivity index (χ4v) is 2.42. The number of carbonyl (C=O) groups is 1. The molecule has 0 bridgehead atoms. The molecular weight excluding hydrogens is 264 g/mol. The molecule has 1 N–H and O–H groups in total. The van der Waals surface area contributed by atoms with Crippen LogP contribution in [0.1, 0.15) is 84.5 Å². The monoisotopic (exact) mass is 298 g/mol. The Morgan fingerprint density at radius 2 is 1.43 bits per heavy atom. The Kier molecular flexibility index (Phi) is 13.6. The average molecular weight is 298 g/mol. The van der Waals surface area contributed by atoms with Crippen molar-refractivity contribution in [2.24, 2.45) is 0 Å². The molecular formula is C18H34O3. The van der Waals surface area contributed by atoms with Gasteiger partial charge in [0.15, 0.2) is 0 Å². The fourth-order valence-electron chi connectivity index (χ4n) is 2.42. The Hall–Kier alpha value is -0.830. The van der Waals surface area contributed by atoms with Gasteiger partial charge < -0.3 is 9.84 Å². The Labute approximate surface area is 130 Å². The Balaban J connectivity index is 3.39. The number of carboxylic acid groups (broad SMARTS) is 1. The third kappa shape index (κ3) is 11.5. The molecule has 0 spiro atoms. The van der Waals surface area contributed by atoms with E-state index in [0.717, 1.165) is 6.42 Å². The van der Waals surface area contributed by atoms with Crippen LogP contribution in [0.25, 0.3) is 0 Å². The molecule has 3 nitrogen and oxygen atoms in total. The second-order valence-electron chi connectivity index (χ2n) is 5.78. The molecule has 0 aliphatic carbocycles. The summed E-state index contributed by atoms with van der Waals surface area (Å²) in [5.74, 6) is -0.954. The molecule has 0 rings (SSSR count). The lowest BCUT2D eigenvalue weighted by molar-refractivity contribution is -0.134. The highest BCUT2D eigenvalue weighted by Crippen LogP contribution is 2.13. The third-order valence-electron chi connectivity index (χ3n) is 3.85. The number of unbranched alkanes of at least 4 members (excludes halogenated alkanes) is 9. The first-order chi connectivity index (χ1) is 10.1. The van der Waals surface area contributed by atoms with E-state index in [2.05, 4.69) is 13.5 Å². The van der Waals surface area contributed by atoms with Gasteiger partial charge in [0.1, 0.15) is 0 Å². The molecule has 0 aromatic carbocycles. The van der Waals surface area contributed by atoms with E-state index >= 15 is 0 Å². The minimum Gasteiger partial charge on any atom is -0.478 e. The molecule has 124 valence electrons. The summed E-state index contributed by atoms with van der Waals surface area (Å²) in [6.07, 6.45) is 13.3. The van der Waals surface area contributed by atoms with Crippen LogP contribution >= 0.6 is 0 Å². The first kappa shape index (κ1) is 20.2. The zero-order chi connectivity index (χ0) is 15.9. The summed E-state index contributed by atoms with van der Waals surface area (Å²) in [7, 11) is 0. The van der Waals surface area contributed by atoms with Crippen LogP contribution in [-0.2, 0) is 9.53 Å². The van der Waals surface area contributed by atoms with Crippen molar-refractivity contribution in [3.05, 3.63) is 12.2 Å². The van der Waals surface area contributed by atoms with E-state index in [4.69, 9.17) is 9.84 Å². The van der Waals surface area contributed by atoms with E-state index in [1.807, 2.05) is 6.92 Å². The second-order valence-corrected chi connectivity index (χ2v) is 5.78. The molecule has 0 aromatic rings. The maximum Gasteiger partial charge on any atom is 0.333 e. The van der Waals surface area contributed by atoms with E-state index in [0.29, 0.717) is 13.0 Å². The van der Waals surface area contributed by atoms with Crippen molar-refractivity contribution in [1.82, 2.24) is 0 Å². The summed E-state index contributed by atoms with van der Waals surface area (Å²) in [5.41, 5.74) is 0.171. The molecule has 0 saturated heterocycles. The Bertz CT molecular complexity index is 274. The van der Waals surface area contributed by atoms with Crippen molar-refractivity contribution in [1.29, 1.82) is 0 Å². The lowest BCUT2D eigenvalue weighted by atomic mass is 10.1. The summed E-state index contributed by atoms with van der Waals surface area (Å²) in [6.45, 7) is 8.39. The van der Waals surface area contributed by atoms with E-state index in [-0.39, 0.29) is 11.7 Å². The summed E-state index contributed by atoms with van der Waals surface area (Å²) in [5, 5.41) is 8.88. The third-order valence-corrected chi connectivity index (χ3v) is 3.85. The maximum absolute atomic E-state index is 10.8. The van der Waals surface area contributed by atoms with E-state index in [9.17, 15) is 4.79 Å². The summed E-state index contributed by atoms with van der Waals surface area (Å²) >= 11 is 0. The van der Waals surface area contributed by atoms with Crippen LogP contribution in [0.3, 0.4) is 0 Å². The van der Waals surface area contributed by atoms with Gasteiger partial charge in [-0.05, 0) is 12.8 Å². The zero-order valence-corrected chi connectivity index (χ0v) is 14.0. The summed E-state index contributed by atoms with van der Waals surface area (Å²) in [6, 6.07) is 0. The summed E-state index contributed by atoms with van der Waals surface area (Å²) < 4.78 is 5.61. The predicted octanol–water partition coefficient (Wildman–Crippen LogP) is 5.34. The first-order valence-corrected chi connectivity index (χ1v) is 8.67. The number of aliphatic carboxylic acids is 1. The van der Waals surface area contributed by atoms with Crippen molar-refractivity contribution in [3.63, 3.8) is 0 Å². The van der Waals surface area contributed by atoms with Gasteiger partial charge in [0.2, 0.25) is 0 Å². The van der Waals surface area contributed by atoms with Crippen LogP contribution in [0, 0.1) is 0 Å². The van der Waals surface area contributed by atoms with E-state index < -0.39 is 5.97 Å². The zero-order valence-electron chi connectivity index (χ0n) is 14.0. The predicted molar refractivity (Wildman–Crippen MR) is 88.7 cm³/mol. The van der Waals surface area contributed by atoms with Crippen LogP contribution in [0.15, 0.2) is 12.2 Å². The molecule has 0 aromatic heterocycles. The number of rotatable bonds is 15. The lowest BCUT2D eigenvalue weighted by Gasteiger charge is -2.15. The lowest BCUT2D eigenvalue weighted by Crippen LogP contribution is -2.20. The standard InChI is InChI=1S/C18H34O3/c1-4-6-7-8-9-10-11-12-13-14-15-21-17(5-2)16(3)18(19)20/h17H,3-15H2,1-2H3,(H,19,20). The van der Waals surface area contributed by atoms with Gasteiger partial charge in [-0.1, -0.05) is 78.2 Å². The molecule has 21 heavy (non-hydrogen) atoms. The van der Waals surface area contributed by atoms with Gasteiger partial charge in [-0.2, -0.15) is 0 Å². The highest BCUT2D eigenvalue weighted by atomic mass is 16.5. The number of carboxylic acids is 1. The molecule has 0 aliphatic rings. The molecule has 0 amide bonds. The Morgan fingerprint density at radius 3 is 1.86 bits per heavy atom. The van der Waals surface area contributed by atoms with Crippen LogP contribution < -0.4 is 0 Å². The molecule has 0 radical (unpaired) electrons. The fraction of sp³-hybridized carbons (Fsp3) is 0.833. The van der Waals surface area contributed by atoms with Gasteiger partial charge in [0.05, 0.1) is 11.7 Å². The molecule has 0 aliphatic heterocycles. The second kappa shape index (κ2) is 14.1. The van der Waals surface area contributed by atoms with Gasteiger partial charge in [-0.15, -0.1) is 0 Å². The minimum absolute atomic E-state index is 0.171. The van der Waals surface area contributed by atoms with E-state index in [1.165, 1.54) is 57.8 Å². The van der Waals surface area contributed by atoms with Gasteiger partial charge in [0, 0.05) is 6.61 Å². The van der Waals surface area contributed by atoms with Crippen LogP contribution in [0.4, 0.5) is 0 Å². The molecule has 3 heteroatoms. The smallest absolute Gasteiger partial charge is 0.333 e. The van der Waals surface area contributed by atoms with Gasteiger partial charge in [-0.3, -0.25) is 0 Å². The van der Waals surface area contributed by atoms with Crippen molar-refractivity contribution in [2.45, 2.75) is 90.6 Å². The van der Waals surface area contributed by atoms with Crippen LogP contribution in [-0.4, -0.2) is 23.8 Å². The SMILES string of the molecule is C=C(C(=O)O)C(CC)OCCCCCCCCCCCC. The summed E-state index contributed by atoms with van der Waals surface area (Å²) in [4.78, 5) is 10.8. The van der Waals surface area contributed by atoms with Crippen molar-refractivity contribution in [2.75, 3.05) is 6.61 Å². The highest BCUT2D eigenvalue weighted by Gasteiger charge is 2.16. The van der Waals surface area contributed by atoms with Crippen LogP contribution in [0.5, 0.6) is 0 Å². The molecule has 0 heterocycles. The quantitative estimate of drug-likeness (QED) is 0.328. The largest absolute Gasteiger partial charge is 0.478 e. The molecule has 0 saturated carbocycles. The molecule has 1 atom stereocenters. The topological polar surface area (TPSA) is 46.5 Å². The van der Waals surface area contributed by atoms with E-state index in [1.54, 1.807) is 0 Å². The minimum atomic E-state index is -0.954. The number of hydrogen-bond donors (Lipinski definition) is 1. The highest BCUT2D eigenvalue weighted by molar-refractivity contribution is 5.86. The normalized spacial score (nSPS) is 12.3. The average Bonchev–Trinajstić information content (AvgIpc) is 2.48. The van der Waals surface area contributed by atoms with Crippen molar-refractivity contribution >= 4 is 5.97 Å². The number of ether oxygens (including phenoxy) is 1. The Morgan fingerprint density at radius 1 is 0.952 bits per heavy atom. The molecule has 0 fully saturated rings. The first-order valence-electron chi connectivity index (χ1n) is 8.67. The van der Waals surface area contributed by atoms with Gasteiger partial charge in [-0.25, -0.2) is 4.79 Å². The maximum atomic E-state index is 10.8. The van der Waals surface area contributed by atoms with Crippen molar-refractivity contribution < 1.29 is 14.6 Å². The molecule has 1 unspecified atom stereocenters. The van der Waals surface area contributed by atoms with Crippen LogP contribution in [0.2, 0.25) is 0 Å².